The number of hydrogen-bond acceptors (Lipinski definition) is 5. The molecule has 0 aliphatic heterocycles. The molecule has 0 atom stereocenters. The molecule has 122 valence electrons. The molecule has 0 fully saturated rings. The summed E-state index contributed by atoms with van der Waals surface area (Å²) in [6, 6.07) is 6.04. The Hall–Kier alpha value is -2.80. The topological polar surface area (TPSA) is 74.1 Å². The summed E-state index contributed by atoms with van der Waals surface area (Å²) in [7, 11) is 0. The van der Waals surface area contributed by atoms with E-state index in [2.05, 4.69) is 9.97 Å². The molecule has 0 radical (unpaired) electrons. The van der Waals surface area contributed by atoms with E-state index in [1.807, 2.05) is 0 Å². The number of hydrogen-bond donors (Lipinski definition) is 0. The summed E-state index contributed by atoms with van der Waals surface area (Å²) in [6.07, 6.45) is 2.81. The van der Waals surface area contributed by atoms with Crippen molar-refractivity contribution in [3.8, 4) is 5.82 Å². The fourth-order valence-corrected chi connectivity index (χ4v) is 2.36. The van der Waals surface area contributed by atoms with Crippen LogP contribution in [-0.4, -0.2) is 27.1 Å². The fourth-order valence-electron chi connectivity index (χ4n) is 2.23. The number of aromatic nitrogens is 3. The summed E-state index contributed by atoms with van der Waals surface area (Å²) in [4.78, 5) is 32.6. The van der Waals surface area contributed by atoms with Crippen molar-refractivity contribution in [2.45, 2.75) is 6.92 Å². The van der Waals surface area contributed by atoms with E-state index >= 15 is 0 Å². The van der Waals surface area contributed by atoms with Crippen LogP contribution in [-0.2, 0) is 4.74 Å². The minimum Gasteiger partial charge on any atom is -0.462 e. The number of pyridine rings is 3. The van der Waals surface area contributed by atoms with E-state index in [0.717, 1.165) is 6.07 Å². The lowest BCUT2D eigenvalue weighted by atomic mass is 10.2. The molecule has 0 saturated heterocycles. The van der Waals surface area contributed by atoms with Gasteiger partial charge in [0.05, 0.1) is 12.0 Å². The molecule has 0 aromatic carbocycles. The molecule has 3 heterocycles. The van der Waals surface area contributed by atoms with Gasteiger partial charge in [0.2, 0.25) is 5.43 Å². The zero-order chi connectivity index (χ0) is 17.3. The van der Waals surface area contributed by atoms with Gasteiger partial charge in [0.25, 0.3) is 0 Å². The van der Waals surface area contributed by atoms with Crippen molar-refractivity contribution in [3.05, 3.63) is 63.4 Å². The lowest BCUT2D eigenvalue weighted by Gasteiger charge is -2.12. The summed E-state index contributed by atoms with van der Waals surface area (Å²) >= 11 is 5.74. The number of ether oxygens (including phenoxy) is 1. The van der Waals surface area contributed by atoms with Gasteiger partial charge >= 0.3 is 5.97 Å². The average Bonchev–Trinajstić information content (AvgIpc) is 2.58. The second-order valence-corrected chi connectivity index (χ2v) is 5.14. The maximum Gasteiger partial charge on any atom is 0.343 e. The second kappa shape index (κ2) is 6.37. The molecule has 0 spiro atoms. The molecule has 0 unspecified atom stereocenters. The molecule has 0 amide bonds. The number of esters is 1. The van der Waals surface area contributed by atoms with Gasteiger partial charge in [-0.3, -0.25) is 9.36 Å². The normalized spacial score (nSPS) is 10.8. The van der Waals surface area contributed by atoms with Crippen molar-refractivity contribution in [1.29, 1.82) is 0 Å². The highest BCUT2D eigenvalue weighted by molar-refractivity contribution is 6.29. The van der Waals surface area contributed by atoms with Crippen molar-refractivity contribution >= 4 is 28.6 Å². The number of rotatable bonds is 3. The van der Waals surface area contributed by atoms with Gasteiger partial charge < -0.3 is 4.74 Å². The van der Waals surface area contributed by atoms with Crippen molar-refractivity contribution in [1.82, 2.24) is 14.5 Å². The molecule has 0 aliphatic rings. The third kappa shape index (κ3) is 2.74. The van der Waals surface area contributed by atoms with Crippen molar-refractivity contribution < 1.29 is 13.9 Å². The number of nitrogens with zero attached hydrogens (tertiary/aromatic N) is 3. The van der Waals surface area contributed by atoms with Crippen LogP contribution in [0, 0.1) is 5.82 Å². The molecule has 0 N–H and O–H groups in total. The zero-order valence-electron chi connectivity index (χ0n) is 12.5. The van der Waals surface area contributed by atoms with Crippen LogP contribution in [0.3, 0.4) is 0 Å². The Bertz CT molecular complexity index is 989. The average molecular weight is 348 g/mol. The van der Waals surface area contributed by atoms with E-state index in [1.165, 1.54) is 17.0 Å². The molecule has 8 heteroatoms. The first kappa shape index (κ1) is 16.1. The molecular formula is C16H11ClFN3O3. The number of halogens is 2. The third-order valence-electron chi connectivity index (χ3n) is 3.28. The number of carbonyl (C=O) groups is 1. The molecule has 3 rings (SSSR count). The molecule has 3 aromatic rings. The van der Waals surface area contributed by atoms with Crippen LogP contribution in [0.2, 0.25) is 5.15 Å². The minimum absolute atomic E-state index is 0.0897. The van der Waals surface area contributed by atoms with Crippen LogP contribution in [0.15, 0.2) is 41.5 Å². The Labute approximate surface area is 140 Å². The Morgan fingerprint density at radius 1 is 1.42 bits per heavy atom. The number of fused-ring (bicyclic) bond motifs is 1. The summed E-state index contributed by atoms with van der Waals surface area (Å²) in [5.41, 5.74) is -0.824. The highest BCUT2D eigenvalue weighted by Crippen LogP contribution is 2.20. The Kier molecular flexibility index (Phi) is 4.26. The molecule has 3 aromatic heterocycles. The first-order valence-corrected chi connectivity index (χ1v) is 7.40. The third-order valence-corrected chi connectivity index (χ3v) is 3.55. The van der Waals surface area contributed by atoms with Crippen molar-refractivity contribution in [2.75, 3.05) is 6.61 Å². The van der Waals surface area contributed by atoms with Gasteiger partial charge in [-0.05, 0) is 25.1 Å². The van der Waals surface area contributed by atoms with E-state index in [1.54, 1.807) is 25.1 Å². The predicted molar refractivity (Wildman–Crippen MR) is 86.1 cm³/mol. The van der Waals surface area contributed by atoms with E-state index < -0.39 is 17.2 Å². The minimum atomic E-state index is -0.852. The first-order chi connectivity index (χ1) is 11.5. The summed E-state index contributed by atoms with van der Waals surface area (Å²) in [6.45, 7) is 1.73. The van der Waals surface area contributed by atoms with Crippen LogP contribution in [0.1, 0.15) is 17.3 Å². The van der Waals surface area contributed by atoms with Crippen LogP contribution in [0.25, 0.3) is 16.9 Å². The standard InChI is InChI=1S/C16H11ClFN3O3/c1-2-24-16(23)10-8-21(12-5-3-4-6-19-12)15-9(13(10)22)7-11(18)14(17)20-15/h3-8H,2H2,1H3. The maximum atomic E-state index is 13.8. The first-order valence-electron chi connectivity index (χ1n) is 7.03. The van der Waals surface area contributed by atoms with Crippen LogP contribution in [0.4, 0.5) is 4.39 Å². The SMILES string of the molecule is CCOC(=O)c1cn(-c2ccccn2)c2nc(Cl)c(F)cc2c1=O. The Morgan fingerprint density at radius 2 is 2.21 bits per heavy atom. The highest BCUT2D eigenvalue weighted by Gasteiger charge is 2.20. The maximum absolute atomic E-state index is 13.8. The zero-order valence-corrected chi connectivity index (χ0v) is 13.2. The molecule has 6 nitrogen and oxygen atoms in total. The fraction of sp³-hybridized carbons (Fsp3) is 0.125. The lowest BCUT2D eigenvalue weighted by molar-refractivity contribution is 0.0524. The molecular weight excluding hydrogens is 337 g/mol. The summed E-state index contributed by atoms with van der Waals surface area (Å²) < 4.78 is 20.1. The van der Waals surface area contributed by atoms with Gasteiger partial charge in [-0.2, -0.15) is 0 Å². The number of carbonyl (C=O) groups excluding carboxylic acids is 1. The van der Waals surface area contributed by atoms with Gasteiger partial charge in [-0.1, -0.05) is 17.7 Å². The van der Waals surface area contributed by atoms with Crippen molar-refractivity contribution in [2.24, 2.45) is 0 Å². The smallest absolute Gasteiger partial charge is 0.343 e. The van der Waals surface area contributed by atoms with Crippen LogP contribution in [0.5, 0.6) is 0 Å². The molecule has 0 saturated carbocycles. The van der Waals surface area contributed by atoms with Crippen LogP contribution < -0.4 is 5.43 Å². The summed E-state index contributed by atoms with van der Waals surface area (Å²) in [5.74, 6) is -1.26. The van der Waals surface area contributed by atoms with Crippen molar-refractivity contribution in [3.63, 3.8) is 0 Å². The molecule has 0 aliphatic carbocycles. The molecule has 0 bridgehead atoms. The van der Waals surface area contributed by atoms with Gasteiger partial charge in [-0.25, -0.2) is 19.2 Å². The van der Waals surface area contributed by atoms with E-state index in [4.69, 9.17) is 16.3 Å². The van der Waals surface area contributed by atoms with E-state index in [9.17, 15) is 14.0 Å². The Morgan fingerprint density at radius 3 is 2.88 bits per heavy atom. The molecule has 24 heavy (non-hydrogen) atoms. The van der Waals surface area contributed by atoms with Gasteiger partial charge in [0.15, 0.2) is 16.6 Å². The van der Waals surface area contributed by atoms with Crippen LogP contribution >= 0.6 is 11.6 Å². The van der Waals surface area contributed by atoms with Gasteiger partial charge in [-0.15, -0.1) is 0 Å². The highest BCUT2D eigenvalue weighted by atomic mass is 35.5. The second-order valence-electron chi connectivity index (χ2n) is 4.78. The quantitative estimate of drug-likeness (QED) is 0.538. The lowest BCUT2D eigenvalue weighted by Crippen LogP contribution is -2.21. The monoisotopic (exact) mass is 347 g/mol. The van der Waals surface area contributed by atoms with Gasteiger partial charge in [0, 0.05) is 12.4 Å². The summed E-state index contributed by atoms with van der Waals surface area (Å²) in [5, 5.41) is -0.469. The van der Waals surface area contributed by atoms with Gasteiger partial charge in [0.1, 0.15) is 11.4 Å². The van der Waals surface area contributed by atoms with E-state index in [-0.39, 0.29) is 28.4 Å². The predicted octanol–water partition coefficient (Wildman–Crippen LogP) is 2.75. The Balaban J connectivity index is 2.40. The largest absolute Gasteiger partial charge is 0.462 e. The van der Waals surface area contributed by atoms with E-state index in [0.29, 0.717) is 5.82 Å².